The van der Waals surface area contributed by atoms with Gasteiger partial charge in [-0.1, -0.05) is 48.5 Å². The van der Waals surface area contributed by atoms with Gasteiger partial charge in [0.2, 0.25) is 10.0 Å². The number of rotatable bonds is 8. The minimum atomic E-state index is -3.22. The monoisotopic (exact) mass is 490 g/mol. The number of aromatic nitrogens is 1. The number of nitrogens with one attached hydrogen (secondary N) is 1. The van der Waals surface area contributed by atoms with Crippen LogP contribution < -0.4 is 9.62 Å². The van der Waals surface area contributed by atoms with E-state index in [4.69, 9.17) is 4.98 Å². The molecule has 4 rings (SSSR count). The minimum Gasteiger partial charge on any atom is -0.395 e. The average Bonchev–Trinajstić information content (AvgIpc) is 2.83. The lowest BCUT2D eigenvalue weighted by Crippen LogP contribution is -2.47. The predicted octanol–water partition coefficient (Wildman–Crippen LogP) is 2.88. The maximum atomic E-state index is 11.7. The van der Waals surface area contributed by atoms with Gasteiger partial charge in [-0.2, -0.15) is 0 Å². The number of anilines is 1. The van der Waals surface area contributed by atoms with Crippen molar-refractivity contribution in [3.05, 3.63) is 60.2 Å². The normalized spacial score (nSPS) is 14.9. The SMILES string of the molecule is CCS(=O)(=O)NCc1ccc(-c2cc3ccccc3c(N3CCN(CCO)CC3)n2)cc1.Cl. The maximum Gasteiger partial charge on any atom is 0.211 e. The summed E-state index contributed by atoms with van der Waals surface area (Å²) in [5, 5.41) is 11.5. The second-order valence-corrected chi connectivity index (χ2v) is 10.1. The molecule has 0 aliphatic carbocycles. The molecule has 1 aliphatic rings. The van der Waals surface area contributed by atoms with Crippen molar-refractivity contribution >= 4 is 39.0 Å². The van der Waals surface area contributed by atoms with E-state index in [9.17, 15) is 13.5 Å². The molecule has 1 fully saturated rings. The molecule has 2 N–H and O–H groups in total. The first-order valence-corrected chi connectivity index (χ1v) is 12.7. The Bertz CT molecular complexity index is 1160. The molecule has 2 heterocycles. The van der Waals surface area contributed by atoms with E-state index >= 15 is 0 Å². The Morgan fingerprint density at radius 1 is 1.03 bits per heavy atom. The molecule has 1 aliphatic heterocycles. The maximum absolute atomic E-state index is 11.7. The number of halogens is 1. The lowest BCUT2D eigenvalue weighted by molar-refractivity contribution is 0.188. The summed E-state index contributed by atoms with van der Waals surface area (Å²) in [6.45, 7) is 6.36. The van der Waals surface area contributed by atoms with Gasteiger partial charge < -0.3 is 10.0 Å². The van der Waals surface area contributed by atoms with E-state index in [1.165, 1.54) is 0 Å². The van der Waals surface area contributed by atoms with Crippen LogP contribution in [-0.2, 0) is 16.6 Å². The Labute approximate surface area is 201 Å². The van der Waals surface area contributed by atoms with E-state index in [2.05, 4.69) is 32.7 Å². The zero-order valence-corrected chi connectivity index (χ0v) is 20.4. The van der Waals surface area contributed by atoms with Crippen LogP contribution in [-0.4, -0.2) is 68.5 Å². The second kappa shape index (κ2) is 11.3. The van der Waals surface area contributed by atoms with Gasteiger partial charge in [0.25, 0.3) is 0 Å². The number of pyridine rings is 1. The number of hydrogen-bond donors (Lipinski definition) is 2. The second-order valence-electron chi connectivity index (χ2n) is 8.03. The number of piperazine rings is 1. The third-order valence-electron chi connectivity index (χ3n) is 5.93. The summed E-state index contributed by atoms with van der Waals surface area (Å²) < 4.78 is 26.0. The minimum absolute atomic E-state index is 0. The van der Waals surface area contributed by atoms with Gasteiger partial charge >= 0.3 is 0 Å². The van der Waals surface area contributed by atoms with E-state index < -0.39 is 10.0 Å². The molecule has 0 spiro atoms. The molecule has 178 valence electrons. The molecule has 0 unspecified atom stereocenters. The molecule has 0 radical (unpaired) electrons. The Kier molecular flexibility index (Phi) is 8.67. The zero-order valence-electron chi connectivity index (χ0n) is 18.8. The summed E-state index contributed by atoms with van der Waals surface area (Å²) >= 11 is 0. The largest absolute Gasteiger partial charge is 0.395 e. The highest BCUT2D eigenvalue weighted by atomic mass is 35.5. The Balaban J connectivity index is 0.00000306. The average molecular weight is 491 g/mol. The molecule has 9 heteroatoms. The smallest absolute Gasteiger partial charge is 0.211 e. The molecule has 2 aromatic carbocycles. The van der Waals surface area contributed by atoms with Gasteiger partial charge in [0, 0.05) is 50.2 Å². The number of β-amino-alcohol motifs (C(OH)–C–C–N with tert-alkyl or cyclic N) is 1. The van der Waals surface area contributed by atoms with Crippen molar-refractivity contribution < 1.29 is 13.5 Å². The van der Waals surface area contributed by atoms with Gasteiger partial charge in [-0.25, -0.2) is 18.1 Å². The quantitative estimate of drug-likeness (QED) is 0.505. The number of hydrogen-bond acceptors (Lipinski definition) is 6. The van der Waals surface area contributed by atoms with Crippen LogP contribution >= 0.6 is 12.4 Å². The first kappa shape index (κ1) is 25.4. The third-order valence-corrected chi connectivity index (χ3v) is 7.28. The first-order chi connectivity index (χ1) is 15.5. The fourth-order valence-corrected chi connectivity index (χ4v) is 4.57. The van der Waals surface area contributed by atoms with Crippen molar-refractivity contribution in [1.82, 2.24) is 14.6 Å². The summed E-state index contributed by atoms with van der Waals surface area (Å²) in [5.74, 6) is 1.06. The van der Waals surface area contributed by atoms with E-state index in [-0.39, 0.29) is 31.3 Å². The van der Waals surface area contributed by atoms with Gasteiger partial charge in [0.1, 0.15) is 5.82 Å². The molecule has 3 aromatic rings. The van der Waals surface area contributed by atoms with Crippen LogP contribution in [0.5, 0.6) is 0 Å². The summed E-state index contributed by atoms with van der Waals surface area (Å²) in [6, 6.07) is 18.3. The van der Waals surface area contributed by atoms with E-state index in [1.54, 1.807) is 6.92 Å². The first-order valence-electron chi connectivity index (χ1n) is 11.0. The standard InChI is InChI=1S/C24H30N4O3S.ClH/c1-2-32(30,31)25-18-19-7-9-20(10-8-19)23-17-21-5-3-4-6-22(21)24(26-23)28-13-11-27(12-14-28)15-16-29;/h3-10,17,25,29H,2,11-16,18H2,1H3;1H. The van der Waals surface area contributed by atoms with Crippen molar-refractivity contribution in [3.8, 4) is 11.3 Å². The highest BCUT2D eigenvalue weighted by molar-refractivity contribution is 7.89. The molecular formula is C24H31ClN4O3S. The van der Waals surface area contributed by atoms with E-state index in [0.29, 0.717) is 6.54 Å². The van der Waals surface area contributed by atoms with Crippen LogP contribution in [0.3, 0.4) is 0 Å². The fraction of sp³-hybridized carbons (Fsp3) is 0.375. The van der Waals surface area contributed by atoms with Gasteiger partial charge in [0.05, 0.1) is 18.1 Å². The van der Waals surface area contributed by atoms with Gasteiger partial charge in [-0.3, -0.25) is 4.90 Å². The number of sulfonamides is 1. The van der Waals surface area contributed by atoms with Crippen LogP contribution in [0.4, 0.5) is 5.82 Å². The lowest BCUT2D eigenvalue weighted by Gasteiger charge is -2.35. The molecule has 0 amide bonds. The van der Waals surface area contributed by atoms with Crippen LogP contribution in [0, 0.1) is 0 Å². The van der Waals surface area contributed by atoms with Crippen LogP contribution in [0.25, 0.3) is 22.0 Å². The van der Waals surface area contributed by atoms with Gasteiger partial charge in [-0.15, -0.1) is 12.4 Å². The Morgan fingerprint density at radius 2 is 1.73 bits per heavy atom. The summed E-state index contributed by atoms with van der Waals surface area (Å²) in [6.07, 6.45) is 0. The molecular weight excluding hydrogens is 460 g/mol. The van der Waals surface area contributed by atoms with Crippen LogP contribution in [0.15, 0.2) is 54.6 Å². The van der Waals surface area contributed by atoms with Crippen molar-refractivity contribution in [1.29, 1.82) is 0 Å². The Morgan fingerprint density at radius 3 is 2.39 bits per heavy atom. The number of aliphatic hydroxyl groups excluding tert-OH is 1. The predicted molar refractivity (Wildman–Crippen MR) is 136 cm³/mol. The van der Waals surface area contributed by atoms with Crippen molar-refractivity contribution in [2.75, 3.05) is 50.0 Å². The van der Waals surface area contributed by atoms with Crippen LogP contribution in [0.2, 0.25) is 0 Å². The van der Waals surface area contributed by atoms with E-state index in [0.717, 1.165) is 59.6 Å². The van der Waals surface area contributed by atoms with Crippen LogP contribution in [0.1, 0.15) is 12.5 Å². The van der Waals surface area contributed by atoms with E-state index in [1.807, 2.05) is 36.4 Å². The summed E-state index contributed by atoms with van der Waals surface area (Å²) in [7, 11) is -3.22. The summed E-state index contributed by atoms with van der Waals surface area (Å²) in [4.78, 5) is 9.64. The van der Waals surface area contributed by atoms with Crippen molar-refractivity contribution in [2.24, 2.45) is 0 Å². The molecule has 1 saturated heterocycles. The topological polar surface area (TPSA) is 85.8 Å². The van der Waals surface area contributed by atoms with Gasteiger partial charge in [-0.05, 0) is 23.9 Å². The molecule has 1 aromatic heterocycles. The van der Waals surface area contributed by atoms with Crippen molar-refractivity contribution in [3.63, 3.8) is 0 Å². The third kappa shape index (κ3) is 6.22. The van der Waals surface area contributed by atoms with Gasteiger partial charge in [0.15, 0.2) is 0 Å². The summed E-state index contributed by atoms with van der Waals surface area (Å²) in [5.41, 5.74) is 2.81. The highest BCUT2D eigenvalue weighted by Crippen LogP contribution is 2.30. The Hall–Kier alpha value is -2.23. The number of aliphatic hydroxyl groups is 1. The number of fused-ring (bicyclic) bond motifs is 1. The number of benzene rings is 2. The molecule has 0 atom stereocenters. The molecule has 7 nitrogen and oxygen atoms in total. The molecule has 33 heavy (non-hydrogen) atoms. The highest BCUT2D eigenvalue weighted by Gasteiger charge is 2.20. The number of nitrogens with zero attached hydrogens (tertiary/aromatic N) is 3. The van der Waals surface area contributed by atoms with Crippen molar-refractivity contribution in [2.45, 2.75) is 13.5 Å². The molecule has 0 saturated carbocycles. The lowest BCUT2D eigenvalue weighted by atomic mass is 10.0. The zero-order chi connectivity index (χ0) is 22.6. The molecule has 0 bridgehead atoms. The fourth-order valence-electron chi connectivity index (χ4n) is 3.98.